The van der Waals surface area contributed by atoms with Crippen molar-refractivity contribution in [1.29, 1.82) is 0 Å². The lowest BCUT2D eigenvalue weighted by atomic mass is 9.94. The SMILES string of the molecule is CC1=C[C@](C)(OONc2[nH]ncc2C=O)CC=C1. The number of aldehydes is 1. The molecule has 2 rings (SSSR count). The Labute approximate surface area is 105 Å². The number of hydrogen-bond acceptors (Lipinski definition) is 5. The van der Waals surface area contributed by atoms with Gasteiger partial charge in [-0.2, -0.15) is 5.10 Å². The summed E-state index contributed by atoms with van der Waals surface area (Å²) in [5.41, 5.74) is 3.47. The van der Waals surface area contributed by atoms with E-state index in [1.54, 1.807) is 0 Å². The lowest BCUT2D eigenvalue weighted by Gasteiger charge is -2.25. The van der Waals surface area contributed by atoms with Crippen molar-refractivity contribution in [1.82, 2.24) is 10.2 Å². The number of allylic oxidation sites excluding steroid dienone is 2. The van der Waals surface area contributed by atoms with Gasteiger partial charge in [-0.3, -0.25) is 9.89 Å². The number of carbonyl (C=O) groups excluding carboxylic acids is 1. The summed E-state index contributed by atoms with van der Waals surface area (Å²) in [6.45, 7) is 3.90. The minimum atomic E-state index is -0.521. The Morgan fingerprint density at radius 1 is 1.61 bits per heavy atom. The van der Waals surface area contributed by atoms with Gasteiger partial charge in [-0.05, 0) is 19.9 Å². The van der Waals surface area contributed by atoms with Crippen molar-refractivity contribution >= 4 is 12.1 Å². The fraction of sp³-hybridized carbons (Fsp3) is 0.333. The molecule has 0 aliphatic heterocycles. The second-order valence-corrected chi connectivity index (χ2v) is 4.39. The van der Waals surface area contributed by atoms with Crippen molar-refractivity contribution in [2.75, 3.05) is 5.48 Å². The maximum absolute atomic E-state index is 10.6. The van der Waals surface area contributed by atoms with E-state index in [-0.39, 0.29) is 0 Å². The summed E-state index contributed by atoms with van der Waals surface area (Å²) in [7, 11) is 0. The van der Waals surface area contributed by atoms with Crippen LogP contribution in [-0.4, -0.2) is 22.1 Å². The van der Waals surface area contributed by atoms with Crippen molar-refractivity contribution in [3.05, 3.63) is 35.6 Å². The van der Waals surface area contributed by atoms with Gasteiger partial charge in [0.1, 0.15) is 5.60 Å². The molecule has 0 bridgehead atoms. The van der Waals surface area contributed by atoms with Crippen molar-refractivity contribution < 1.29 is 14.7 Å². The lowest BCUT2D eigenvalue weighted by molar-refractivity contribution is -0.326. The molecule has 0 aromatic carbocycles. The molecule has 1 aliphatic carbocycles. The van der Waals surface area contributed by atoms with Crippen LogP contribution in [0.4, 0.5) is 5.82 Å². The summed E-state index contributed by atoms with van der Waals surface area (Å²) in [5, 5.41) is 6.30. The first kappa shape index (κ1) is 12.5. The zero-order valence-corrected chi connectivity index (χ0v) is 10.3. The molecule has 0 radical (unpaired) electrons. The second-order valence-electron chi connectivity index (χ2n) is 4.39. The Balaban J connectivity index is 1.89. The normalized spacial score (nSPS) is 22.7. The minimum absolute atomic E-state index is 0.362. The molecule has 0 unspecified atom stereocenters. The minimum Gasteiger partial charge on any atom is -0.298 e. The number of H-pyrrole nitrogens is 1. The van der Waals surface area contributed by atoms with Crippen LogP contribution in [0.25, 0.3) is 0 Å². The maximum Gasteiger partial charge on any atom is 0.159 e. The Kier molecular flexibility index (Phi) is 3.59. The fourth-order valence-corrected chi connectivity index (χ4v) is 1.75. The van der Waals surface area contributed by atoms with E-state index in [0.29, 0.717) is 17.7 Å². The van der Waals surface area contributed by atoms with Crippen LogP contribution >= 0.6 is 0 Å². The van der Waals surface area contributed by atoms with Gasteiger partial charge in [0.05, 0.1) is 11.8 Å². The third kappa shape index (κ3) is 2.85. The summed E-state index contributed by atoms with van der Waals surface area (Å²) < 4.78 is 0. The van der Waals surface area contributed by atoms with Gasteiger partial charge in [0.15, 0.2) is 12.1 Å². The van der Waals surface area contributed by atoms with Crippen LogP contribution in [0.1, 0.15) is 30.6 Å². The lowest BCUT2D eigenvalue weighted by Crippen LogP contribution is -2.28. The van der Waals surface area contributed by atoms with Crippen LogP contribution in [-0.2, 0) is 9.88 Å². The molecular formula is C12H15N3O3. The first-order valence-electron chi connectivity index (χ1n) is 5.58. The van der Waals surface area contributed by atoms with E-state index in [1.165, 1.54) is 6.20 Å². The van der Waals surface area contributed by atoms with Gasteiger partial charge in [0.2, 0.25) is 0 Å². The summed E-state index contributed by atoms with van der Waals surface area (Å²) in [4.78, 5) is 20.9. The van der Waals surface area contributed by atoms with Crippen molar-refractivity contribution in [2.24, 2.45) is 0 Å². The number of rotatable bonds is 5. The van der Waals surface area contributed by atoms with Crippen LogP contribution in [0.2, 0.25) is 0 Å². The maximum atomic E-state index is 10.6. The Morgan fingerprint density at radius 3 is 3.17 bits per heavy atom. The summed E-state index contributed by atoms with van der Waals surface area (Å²) >= 11 is 0. The Morgan fingerprint density at radius 2 is 2.44 bits per heavy atom. The number of aromatic amines is 1. The first-order chi connectivity index (χ1) is 8.63. The molecule has 0 saturated carbocycles. The van der Waals surface area contributed by atoms with E-state index < -0.39 is 5.60 Å². The van der Waals surface area contributed by atoms with Crippen LogP contribution in [0.5, 0.6) is 0 Å². The molecule has 1 heterocycles. The average Bonchev–Trinajstić information content (AvgIpc) is 2.76. The number of hydrogen-bond donors (Lipinski definition) is 2. The summed E-state index contributed by atoms with van der Waals surface area (Å²) in [5.74, 6) is 0.362. The van der Waals surface area contributed by atoms with Gasteiger partial charge in [-0.15, -0.1) is 4.99 Å². The van der Waals surface area contributed by atoms with E-state index >= 15 is 0 Å². The molecule has 0 saturated heterocycles. The van der Waals surface area contributed by atoms with Crippen LogP contribution < -0.4 is 5.48 Å². The molecular weight excluding hydrogens is 234 g/mol. The number of aromatic nitrogens is 2. The van der Waals surface area contributed by atoms with E-state index in [2.05, 4.69) is 15.7 Å². The van der Waals surface area contributed by atoms with Crippen LogP contribution in [0.3, 0.4) is 0 Å². The number of nitrogens with zero attached hydrogens (tertiary/aromatic N) is 1. The van der Waals surface area contributed by atoms with Crippen LogP contribution in [0, 0.1) is 0 Å². The number of anilines is 1. The van der Waals surface area contributed by atoms with Gasteiger partial charge < -0.3 is 0 Å². The largest absolute Gasteiger partial charge is 0.298 e. The molecule has 1 aromatic rings. The van der Waals surface area contributed by atoms with E-state index in [9.17, 15) is 4.79 Å². The van der Waals surface area contributed by atoms with Crippen molar-refractivity contribution in [2.45, 2.75) is 25.9 Å². The Hall–Kier alpha value is -1.92. The predicted molar refractivity (Wildman–Crippen MR) is 65.7 cm³/mol. The molecule has 6 heteroatoms. The Bertz CT molecular complexity index is 493. The van der Waals surface area contributed by atoms with Crippen molar-refractivity contribution in [3.63, 3.8) is 0 Å². The van der Waals surface area contributed by atoms with Crippen molar-refractivity contribution in [3.8, 4) is 0 Å². The van der Waals surface area contributed by atoms with Gasteiger partial charge in [0.25, 0.3) is 0 Å². The molecule has 0 fully saturated rings. The smallest absolute Gasteiger partial charge is 0.159 e. The molecule has 96 valence electrons. The predicted octanol–water partition coefficient (Wildman–Crippen LogP) is 2.16. The van der Waals surface area contributed by atoms with Gasteiger partial charge in [0, 0.05) is 6.42 Å². The molecule has 2 N–H and O–H groups in total. The zero-order valence-electron chi connectivity index (χ0n) is 10.3. The fourth-order valence-electron chi connectivity index (χ4n) is 1.75. The summed E-state index contributed by atoms with van der Waals surface area (Å²) in [6, 6.07) is 0. The van der Waals surface area contributed by atoms with Gasteiger partial charge in [-0.25, -0.2) is 10.4 Å². The molecule has 1 atom stereocenters. The second kappa shape index (κ2) is 5.16. The molecule has 1 aliphatic rings. The topological polar surface area (TPSA) is 76.2 Å². The highest BCUT2D eigenvalue weighted by Crippen LogP contribution is 2.25. The van der Waals surface area contributed by atoms with E-state index in [0.717, 1.165) is 12.0 Å². The third-order valence-electron chi connectivity index (χ3n) is 2.61. The number of nitrogens with one attached hydrogen (secondary N) is 2. The average molecular weight is 249 g/mol. The highest BCUT2D eigenvalue weighted by molar-refractivity contribution is 5.81. The monoisotopic (exact) mass is 249 g/mol. The standard InChI is InChI=1S/C12H15N3O3/c1-9-4-3-5-12(2,6-9)17-18-15-11-10(8-16)7-13-14-11/h3-4,6-8H,5H2,1-2H3,(H2,13,14,15)/t12-/m1/s1. The third-order valence-corrected chi connectivity index (χ3v) is 2.61. The van der Waals surface area contributed by atoms with E-state index in [4.69, 9.17) is 9.88 Å². The first-order valence-corrected chi connectivity index (χ1v) is 5.58. The molecule has 0 spiro atoms. The molecule has 0 amide bonds. The van der Waals surface area contributed by atoms with E-state index in [1.807, 2.05) is 32.1 Å². The van der Waals surface area contributed by atoms with Crippen LogP contribution in [0.15, 0.2) is 30.0 Å². The molecule has 6 nitrogen and oxygen atoms in total. The molecule has 1 aromatic heterocycles. The van der Waals surface area contributed by atoms with Gasteiger partial charge >= 0.3 is 0 Å². The quantitative estimate of drug-likeness (QED) is 0.475. The zero-order chi connectivity index (χ0) is 13.0. The highest BCUT2D eigenvalue weighted by atomic mass is 17.3. The highest BCUT2D eigenvalue weighted by Gasteiger charge is 2.25. The number of carbonyl (C=O) groups is 1. The molecule has 18 heavy (non-hydrogen) atoms. The summed E-state index contributed by atoms with van der Waals surface area (Å²) in [6.07, 6.45) is 8.81. The van der Waals surface area contributed by atoms with Gasteiger partial charge in [-0.1, -0.05) is 17.7 Å².